The largest absolute Gasteiger partial charge is 0.771 e. The van der Waals surface area contributed by atoms with Crippen LogP contribution in [0, 0.1) is 0 Å². The average molecular weight is 134 g/mol. The van der Waals surface area contributed by atoms with Crippen molar-refractivity contribution in [1.29, 1.82) is 0 Å². The Kier molecular flexibility index (Phi) is 1.99. The van der Waals surface area contributed by atoms with Crippen LogP contribution in [-0.2, 0) is 11.1 Å². The smallest absolute Gasteiger partial charge is 0.0702 e. The average Bonchev–Trinajstić information content (AvgIpc) is 2.12. The van der Waals surface area contributed by atoms with Gasteiger partial charge in [-0.15, -0.1) is 0 Å². The van der Waals surface area contributed by atoms with E-state index in [1.165, 1.54) is 0 Å². The number of rotatable bonds is 1. The van der Waals surface area contributed by atoms with Crippen LogP contribution < -0.4 is 5.32 Å². The van der Waals surface area contributed by atoms with Gasteiger partial charge in [0, 0.05) is 0 Å². The third kappa shape index (κ3) is 1.27. The zero-order valence-corrected chi connectivity index (χ0v) is 5.24. The van der Waals surface area contributed by atoms with Crippen molar-refractivity contribution in [2.75, 3.05) is 6.54 Å². The number of nitrogens with one attached hydrogen (secondary N) is 1. The molecule has 1 N–H and O–H groups in total. The molecule has 48 valence electrons. The summed E-state index contributed by atoms with van der Waals surface area (Å²) >= 11 is -1.90. The maximum atomic E-state index is 10.1. The summed E-state index contributed by atoms with van der Waals surface area (Å²) in [5.41, 5.74) is 0. The Hall–Kier alpha value is 0.0700. The maximum absolute atomic E-state index is 10.1. The van der Waals surface area contributed by atoms with Crippen molar-refractivity contribution >= 4 is 11.1 Å². The van der Waals surface area contributed by atoms with Crippen molar-refractivity contribution in [1.82, 2.24) is 5.32 Å². The summed E-state index contributed by atoms with van der Waals surface area (Å²) in [6, 6.07) is 0. The molecule has 1 aliphatic heterocycles. The molecule has 1 saturated heterocycles. The van der Waals surface area contributed by atoms with E-state index < -0.39 is 11.1 Å². The van der Waals surface area contributed by atoms with Crippen LogP contribution >= 0.6 is 0 Å². The van der Waals surface area contributed by atoms with Gasteiger partial charge in [0.1, 0.15) is 0 Å². The van der Waals surface area contributed by atoms with Crippen LogP contribution in [0.5, 0.6) is 0 Å². The van der Waals surface area contributed by atoms with E-state index in [0.29, 0.717) is 0 Å². The Balaban J connectivity index is 2.35. The third-order valence-corrected chi connectivity index (χ3v) is 2.11. The molecule has 0 aromatic heterocycles. The molecule has 0 saturated carbocycles. The summed E-state index contributed by atoms with van der Waals surface area (Å²) in [5.74, 6) is 0. The minimum atomic E-state index is -1.90. The van der Waals surface area contributed by atoms with Gasteiger partial charge >= 0.3 is 0 Å². The van der Waals surface area contributed by atoms with E-state index in [9.17, 15) is 8.76 Å². The van der Waals surface area contributed by atoms with Crippen LogP contribution in [-0.4, -0.2) is 20.7 Å². The highest BCUT2D eigenvalue weighted by Gasteiger charge is 2.12. The molecule has 0 spiro atoms. The fourth-order valence-electron chi connectivity index (χ4n) is 0.817. The molecule has 0 bridgehead atoms. The molecule has 0 aromatic rings. The van der Waals surface area contributed by atoms with E-state index >= 15 is 0 Å². The molecule has 2 atom stereocenters. The summed E-state index contributed by atoms with van der Waals surface area (Å²) in [6.45, 7) is 0.846. The fraction of sp³-hybridized carbons (Fsp3) is 1.00. The van der Waals surface area contributed by atoms with Crippen LogP contribution in [0.15, 0.2) is 0 Å². The highest BCUT2D eigenvalue weighted by molar-refractivity contribution is 7.79. The highest BCUT2D eigenvalue weighted by atomic mass is 32.2. The van der Waals surface area contributed by atoms with E-state index in [0.717, 1.165) is 19.4 Å². The SMILES string of the molecule is O=S([O-])C1CCCN1. The summed E-state index contributed by atoms with van der Waals surface area (Å²) in [6.07, 6.45) is 1.76. The Bertz CT molecular complexity index is 100. The van der Waals surface area contributed by atoms with Crippen molar-refractivity contribution in [2.45, 2.75) is 18.2 Å². The van der Waals surface area contributed by atoms with Gasteiger partial charge in [0.05, 0.1) is 5.37 Å². The molecule has 1 heterocycles. The first-order chi connectivity index (χ1) is 3.80. The first kappa shape index (κ1) is 6.19. The van der Waals surface area contributed by atoms with Crippen molar-refractivity contribution in [3.8, 4) is 0 Å². The minimum Gasteiger partial charge on any atom is -0.771 e. The molecule has 0 aliphatic carbocycles. The number of hydrogen-bond acceptors (Lipinski definition) is 3. The number of hydrogen-bond donors (Lipinski definition) is 1. The summed E-state index contributed by atoms with van der Waals surface area (Å²) < 4.78 is 20.3. The highest BCUT2D eigenvalue weighted by Crippen LogP contribution is 2.06. The molecule has 0 amide bonds. The maximum Gasteiger partial charge on any atom is 0.0702 e. The van der Waals surface area contributed by atoms with Gasteiger partial charge in [-0.1, -0.05) is 0 Å². The van der Waals surface area contributed by atoms with Crippen LogP contribution in [0.1, 0.15) is 12.8 Å². The van der Waals surface area contributed by atoms with Gasteiger partial charge in [0.2, 0.25) is 0 Å². The first-order valence-electron chi connectivity index (χ1n) is 2.62. The van der Waals surface area contributed by atoms with Crippen molar-refractivity contribution in [3.05, 3.63) is 0 Å². The van der Waals surface area contributed by atoms with Crippen LogP contribution in [0.25, 0.3) is 0 Å². The second kappa shape index (κ2) is 2.57. The van der Waals surface area contributed by atoms with Crippen LogP contribution in [0.3, 0.4) is 0 Å². The summed E-state index contributed by atoms with van der Waals surface area (Å²) in [5, 5.41) is 2.57. The Labute approximate surface area is 50.8 Å². The predicted molar refractivity (Wildman–Crippen MR) is 29.9 cm³/mol. The van der Waals surface area contributed by atoms with Gasteiger partial charge < -0.3 is 9.87 Å². The van der Waals surface area contributed by atoms with Crippen molar-refractivity contribution in [2.24, 2.45) is 0 Å². The molecule has 8 heavy (non-hydrogen) atoms. The van der Waals surface area contributed by atoms with E-state index in [4.69, 9.17) is 0 Å². The van der Waals surface area contributed by atoms with E-state index in [-0.39, 0.29) is 5.37 Å². The summed E-state index contributed by atoms with van der Waals surface area (Å²) in [4.78, 5) is 0. The lowest BCUT2D eigenvalue weighted by Gasteiger charge is -2.11. The molecule has 2 unspecified atom stereocenters. The monoisotopic (exact) mass is 134 g/mol. The van der Waals surface area contributed by atoms with E-state index in [2.05, 4.69) is 5.32 Å². The Morgan fingerprint density at radius 3 is 2.75 bits per heavy atom. The van der Waals surface area contributed by atoms with Crippen LogP contribution in [0.4, 0.5) is 0 Å². The molecule has 0 radical (unpaired) electrons. The Morgan fingerprint density at radius 2 is 2.50 bits per heavy atom. The second-order valence-corrected chi connectivity index (χ2v) is 2.94. The van der Waals surface area contributed by atoms with Gasteiger partial charge in [-0.2, -0.15) is 0 Å². The Morgan fingerprint density at radius 1 is 1.75 bits per heavy atom. The lowest BCUT2D eigenvalue weighted by molar-refractivity contribution is 0.515. The molecule has 0 aromatic carbocycles. The zero-order valence-electron chi connectivity index (χ0n) is 4.42. The quantitative estimate of drug-likeness (QED) is 0.495. The third-order valence-electron chi connectivity index (χ3n) is 1.25. The molecule has 4 heteroatoms. The predicted octanol–water partition coefficient (Wildman–Crippen LogP) is -0.425. The van der Waals surface area contributed by atoms with Gasteiger partial charge in [-0.3, -0.25) is 4.21 Å². The lowest BCUT2D eigenvalue weighted by atomic mass is 10.4. The molecule has 1 fully saturated rings. The zero-order chi connectivity index (χ0) is 5.98. The molecular weight excluding hydrogens is 126 g/mol. The van der Waals surface area contributed by atoms with E-state index in [1.807, 2.05) is 0 Å². The molecule has 1 rings (SSSR count). The van der Waals surface area contributed by atoms with Crippen molar-refractivity contribution in [3.63, 3.8) is 0 Å². The molecular formula is C4H8NO2S-. The topological polar surface area (TPSA) is 52.2 Å². The second-order valence-electron chi connectivity index (χ2n) is 1.85. The van der Waals surface area contributed by atoms with Gasteiger partial charge in [0.15, 0.2) is 0 Å². The lowest BCUT2D eigenvalue weighted by Crippen LogP contribution is -2.25. The molecule has 1 aliphatic rings. The van der Waals surface area contributed by atoms with Crippen LogP contribution in [0.2, 0.25) is 0 Å². The summed E-state index contributed by atoms with van der Waals surface area (Å²) in [7, 11) is 0. The first-order valence-corrected chi connectivity index (χ1v) is 3.76. The van der Waals surface area contributed by atoms with Gasteiger partial charge in [-0.25, -0.2) is 0 Å². The van der Waals surface area contributed by atoms with Gasteiger partial charge in [0.25, 0.3) is 0 Å². The fourth-order valence-corrected chi connectivity index (χ4v) is 1.43. The van der Waals surface area contributed by atoms with Crippen molar-refractivity contribution < 1.29 is 8.76 Å². The molecule has 3 nitrogen and oxygen atoms in total. The minimum absolute atomic E-state index is 0.269. The van der Waals surface area contributed by atoms with Gasteiger partial charge in [-0.05, 0) is 30.5 Å². The standard InChI is InChI=1S/C4H9NO2S/c6-8(7)4-2-1-3-5-4/h4-5H,1-3H2,(H,6,7)/p-1. The van der Waals surface area contributed by atoms with E-state index in [1.54, 1.807) is 0 Å². The normalized spacial score (nSPS) is 32.9.